The van der Waals surface area contributed by atoms with Crippen LogP contribution in [0.1, 0.15) is 31.7 Å². The van der Waals surface area contributed by atoms with E-state index in [1.807, 2.05) is 6.07 Å². The quantitative estimate of drug-likeness (QED) is 0.870. The molecule has 1 aromatic carbocycles. The molecular formula is C16H25FN2O. The highest BCUT2D eigenvalue weighted by atomic mass is 19.1. The van der Waals surface area contributed by atoms with E-state index in [4.69, 9.17) is 10.5 Å². The number of anilines is 1. The first kappa shape index (κ1) is 15.3. The van der Waals surface area contributed by atoms with E-state index in [9.17, 15) is 4.39 Å². The molecule has 3 nitrogen and oxygen atoms in total. The third-order valence-electron chi connectivity index (χ3n) is 3.74. The van der Waals surface area contributed by atoms with Crippen molar-refractivity contribution in [3.8, 4) is 0 Å². The van der Waals surface area contributed by atoms with Crippen molar-refractivity contribution < 1.29 is 9.13 Å². The minimum Gasteiger partial charge on any atom is -0.376 e. The minimum atomic E-state index is -0.146. The molecule has 0 aromatic heterocycles. The zero-order valence-corrected chi connectivity index (χ0v) is 12.3. The van der Waals surface area contributed by atoms with Gasteiger partial charge in [0.25, 0.3) is 0 Å². The third kappa shape index (κ3) is 3.70. The first-order valence-corrected chi connectivity index (χ1v) is 7.60. The molecule has 2 N–H and O–H groups in total. The second-order valence-electron chi connectivity index (χ2n) is 5.37. The van der Waals surface area contributed by atoms with Crippen molar-refractivity contribution in [2.24, 2.45) is 5.73 Å². The highest BCUT2D eigenvalue weighted by molar-refractivity contribution is 5.55. The fourth-order valence-corrected chi connectivity index (χ4v) is 2.83. The zero-order valence-electron chi connectivity index (χ0n) is 12.3. The number of piperidine rings is 1. The van der Waals surface area contributed by atoms with Gasteiger partial charge in [-0.1, -0.05) is 19.1 Å². The fraction of sp³-hybridized carbons (Fsp3) is 0.625. The highest BCUT2D eigenvalue weighted by Crippen LogP contribution is 2.28. The monoisotopic (exact) mass is 280 g/mol. The van der Waals surface area contributed by atoms with Gasteiger partial charge in [0.05, 0.1) is 11.8 Å². The van der Waals surface area contributed by atoms with Crippen LogP contribution in [0, 0.1) is 5.82 Å². The molecule has 1 fully saturated rings. The van der Waals surface area contributed by atoms with Crippen LogP contribution < -0.4 is 10.6 Å². The summed E-state index contributed by atoms with van der Waals surface area (Å²) in [6.07, 6.45) is 4.06. The van der Waals surface area contributed by atoms with Gasteiger partial charge in [0.2, 0.25) is 0 Å². The summed E-state index contributed by atoms with van der Waals surface area (Å²) in [6, 6.07) is 5.27. The number of benzene rings is 1. The van der Waals surface area contributed by atoms with E-state index >= 15 is 0 Å². The standard InChI is InChI=1S/C16H25FN2O/c1-2-11-20-14-6-4-10-19(12-14)16-13(8-9-18)5-3-7-15(16)17/h3,5,7,14H,2,4,6,8-12,18H2,1H3. The lowest BCUT2D eigenvalue weighted by atomic mass is 10.0. The maximum Gasteiger partial charge on any atom is 0.146 e. The highest BCUT2D eigenvalue weighted by Gasteiger charge is 2.24. The Balaban J connectivity index is 2.13. The van der Waals surface area contributed by atoms with Gasteiger partial charge in [-0.15, -0.1) is 0 Å². The molecule has 2 rings (SSSR count). The van der Waals surface area contributed by atoms with Gasteiger partial charge in [-0.25, -0.2) is 4.39 Å². The smallest absolute Gasteiger partial charge is 0.146 e. The lowest BCUT2D eigenvalue weighted by molar-refractivity contribution is 0.0439. The molecule has 0 spiro atoms. The zero-order chi connectivity index (χ0) is 14.4. The van der Waals surface area contributed by atoms with Crippen molar-refractivity contribution in [2.45, 2.75) is 38.7 Å². The van der Waals surface area contributed by atoms with Crippen LogP contribution in [-0.2, 0) is 11.2 Å². The number of para-hydroxylation sites is 1. The summed E-state index contributed by atoms with van der Waals surface area (Å²) < 4.78 is 20.0. The number of ether oxygens (including phenoxy) is 1. The van der Waals surface area contributed by atoms with E-state index in [-0.39, 0.29) is 11.9 Å². The summed E-state index contributed by atoms with van der Waals surface area (Å²) in [5, 5.41) is 0. The molecule has 4 heteroatoms. The van der Waals surface area contributed by atoms with Gasteiger partial charge in [0, 0.05) is 19.7 Å². The van der Waals surface area contributed by atoms with E-state index in [2.05, 4.69) is 11.8 Å². The van der Waals surface area contributed by atoms with Crippen molar-refractivity contribution in [3.05, 3.63) is 29.6 Å². The SMILES string of the molecule is CCCOC1CCCN(c2c(F)cccc2CCN)C1. The maximum absolute atomic E-state index is 14.2. The van der Waals surface area contributed by atoms with Crippen molar-refractivity contribution >= 4 is 5.69 Å². The van der Waals surface area contributed by atoms with Crippen LogP contribution in [0.25, 0.3) is 0 Å². The van der Waals surface area contributed by atoms with Gasteiger partial charge in [-0.2, -0.15) is 0 Å². The first-order chi connectivity index (χ1) is 9.76. The largest absolute Gasteiger partial charge is 0.376 e. The molecule has 0 amide bonds. The van der Waals surface area contributed by atoms with Crippen LogP contribution >= 0.6 is 0 Å². The number of nitrogens with zero attached hydrogens (tertiary/aromatic N) is 1. The molecule has 112 valence electrons. The van der Waals surface area contributed by atoms with Gasteiger partial charge in [-0.3, -0.25) is 0 Å². The Kier molecular flexibility index (Phi) is 5.80. The van der Waals surface area contributed by atoms with Crippen molar-refractivity contribution in [1.82, 2.24) is 0 Å². The molecule has 1 aromatic rings. The molecule has 0 bridgehead atoms. The summed E-state index contributed by atoms with van der Waals surface area (Å²) in [5.41, 5.74) is 7.36. The van der Waals surface area contributed by atoms with Crippen LogP contribution in [0.2, 0.25) is 0 Å². The predicted molar refractivity (Wildman–Crippen MR) is 80.6 cm³/mol. The van der Waals surface area contributed by atoms with Crippen LogP contribution in [0.15, 0.2) is 18.2 Å². The molecule has 0 aliphatic carbocycles. The topological polar surface area (TPSA) is 38.5 Å². The lowest BCUT2D eigenvalue weighted by Crippen LogP contribution is -2.40. The maximum atomic E-state index is 14.2. The number of rotatable bonds is 6. The van der Waals surface area contributed by atoms with E-state index in [1.165, 1.54) is 6.07 Å². The average molecular weight is 280 g/mol. The second-order valence-corrected chi connectivity index (χ2v) is 5.37. The minimum absolute atomic E-state index is 0.146. The Morgan fingerprint density at radius 3 is 3.05 bits per heavy atom. The summed E-state index contributed by atoms with van der Waals surface area (Å²) >= 11 is 0. The molecule has 1 unspecified atom stereocenters. The lowest BCUT2D eigenvalue weighted by Gasteiger charge is -2.35. The predicted octanol–water partition coefficient (Wildman–Crippen LogP) is 2.72. The number of hydrogen-bond acceptors (Lipinski definition) is 3. The molecule has 20 heavy (non-hydrogen) atoms. The summed E-state index contributed by atoms with van der Waals surface area (Å²) in [4.78, 5) is 2.13. The van der Waals surface area contributed by atoms with Crippen LogP contribution in [0.5, 0.6) is 0 Å². The summed E-state index contributed by atoms with van der Waals surface area (Å²) in [6.45, 7) is 5.10. The Morgan fingerprint density at radius 2 is 2.30 bits per heavy atom. The second kappa shape index (κ2) is 7.60. The summed E-state index contributed by atoms with van der Waals surface area (Å²) in [7, 11) is 0. The van der Waals surface area contributed by atoms with Crippen LogP contribution in [0.4, 0.5) is 10.1 Å². The van der Waals surface area contributed by atoms with Crippen molar-refractivity contribution in [3.63, 3.8) is 0 Å². The average Bonchev–Trinajstić information content (AvgIpc) is 2.46. The molecule has 1 aliphatic rings. The summed E-state index contributed by atoms with van der Waals surface area (Å²) in [5.74, 6) is -0.146. The number of nitrogens with two attached hydrogens (primary N) is 1. The van der Waals surface area contributed by atoms with E-state index in [0.717, 1.165) is 50.2 Å². The van der Waals surface area contributed by atoms with E-state index in [0.29, 0.717) is 13.0 Å². The molecule has 0 saturated carbocycles. The number of hydrogen-bond donors (Lipinski definition) is 1. The fourth-order valence-electron chi connectivity index (χ4n) is 2.83. The van der Waals surface area contributed by atoms with Gasteiger partial charge in [-0.05, 0) is 43.9 Å². The van der Waals surface area contributed by atoms with Crippen LogP contribution in [0.3, 0.4) is 0 Å². The van der Waals surface area contributed by atoms with Crippen molar-refractivity contribution in [2.75, 3.05) is 31.1 Å². The van der Waals surface area contributed by atoms with E-state index in [1.54, 1.807) is 6.07 Å². The molecule has 1 heterocycles. The first-order valence-electron chi connectivity index (χ1n) is 7.60. The Hall–Kier alpha value is -1.13. The number of halogens is 1. The van der Waals surface area contributed by atoms with Gasteiger partial charge < -0.3 is 15.4 Å². The van der Waals surface area contributed by atoms with Crippen molar-refractivity contribution in [1.29, 1.82) is 0 Å². The van der Waals surface area contributed by atoms with Crippen LogP contribution in [-0.4, -0.2) is 32.3 Å². The Morgan fingerprint density at radius 1 is 1.45 bits per heavy atom. The molecule has 1 atom stereocenters. The Bertz CT molecular complexity index is 425. The van der Waals surface area contributed by atoms with Gasteiger partial charge in [0.15, 0.2) is 0 Å². The molecule has 1 saturated heterocycles. The Labute approximate surface area is 120 Å². The third-order valence-corrected chi connectivity index (χ3v) is 3.74. The molecular weight excluding hydrogens is 255 g/mol. The normalized spacial score (nSPS) is 19.4. The van der Waals surface area contributed by atoms with E-state index < -0.39 is 0 Å². The van der Waals surface area contributed by atoms with Gasteiger partial charge in [0.1, 0.15) is 5.82 Å². The van der Waals surface area contributed by atoms with Gasteiger partial charge >= 0.3 is 0 Å². The molecule has 0 radical (unpaired) electrons. The molecule has 1 aliphatic heterocycles.